The first-order valence-corrected chi connectivity index (χ1v) is 8.96. The summed E-state index contributed by atoms with van der Waals surface area (Å²) in [5.41, 5.74) is -0.359. The van der Waals surface area contributed by atoms with E-state index < -0.39 is 23.2 Å². The van der Waals surface area contributed by atoms with Gasteiger partial charge in [0.2, 0.25) is 0 Å². The number of hydrogen-bond acceptors (Lipinski definition) is 2. The van der Waals surface area contributed by atoms with Crippen molar-refractivity contribution in [3.63, 3.8) is 0 Å². The highest BCUT2D eigenvalue weighted by molar-refractivity contribution is 9.10. The Bertz CT molecular complexity index is 1040. The van der Waals surface area contributed by atoms with Gasteiger partial charge in [0.15, 0.2) is 0 Å². The van der Waals surface area contributed by atoms with E-state index >= 15 is 0 Å². The van der Waals surface area contributed by atoms with Gasteiger partial charge in [-0.2, -0.15) is 13.2 Å². The molecule has 0 saturated heterocycles. The van der Waals surface area contributed by atoms with Crippen molar-refractivity contribution in [2.75, 3.05) is 5.32 Å². The van der Waals surface area contributed by atoms with Gasteiger partial charge in [-0.25, -0.2) is 0 Å². The third-order valence-corrected chi connectivity index (χ3v) is 4.53. The van der Waals surface area contributed by atoms with Gasteiger partial charge < -0.3 is 9.88 Å². The van der Waals surface area contributed by atoms with Crippen LogP contribution >= 0.6 is 15.9 Å². The SMILES string of the molecule is O=C(Nc1ccc(C(F)(F)F)cc1)c1cccn(Cc2ccc(Br)cc2)c1=O. The molecule has 0 atom stereocenters. The van der Waals surface area contributed by atoms with Crippen molar-refractivity contribution >= 4 is 27.5 Å². The molecule has 0 spiro atoms. The number of alkyl halides is 3. The second kappa shape index (κ2) is 8.02. The third kappa shape index (κ3) is 4.69. The molecule has 0 bridgehead atoms. The Labute approximate surface area is 166 Å². The molecule has 0 aliphatic rings. The van der Waals surface area contributed by atoms with Gasteiger partial charge in [-0.05, 0) is 54.1 Å². The summed E-state index contributed by atoms with van der Waals surface area (Å²) in [5.74, 6) is -0.685. The summed E-state index contributed by atoms with van der Waals surface area (Å²) >= 11 is 3.34. The van der Waals surface area contributed by atoms with Crippen LogP contribution < -0.4 is 10.9 Å². The van der Waals surface area contributed by atoms with Gasteiger partial charge in [0, 0.05) is 16.4 Å². The number of carbonyl (C=O) groups excluding carboxylic acids is 1. The van der Waals surface area contributed by atoms with Crippen LogP contribution in [0.2, 0.25) is 0 Å². The minimum Gasteiger partial charge on any atom is -0.322 e. The van der Waals surface area contributed by atoms with Crippen LogP contribution in [0, 0.1) is 0 Å². The van der Waals surface area contributed by atoms with Gasteiger partial charge in [-0.1, -0.05) is 28.1 Å². The molecule has 0 saturated carbocycles. The van der Waals surface area contributed by atoms with E-state index in [1.54, 1.807) is 12.3 Å². The summed E-state index contributed by atoms with van der Waals surface area (Å²) in [7, 11) is 0. The normalized spacial score (nSPS) is 11.3. The topological polar surface area (TPSA) is 51.1 Å². The summed E-state index contributed by atoms with van der Waals surface area (Å²) in [6.45, 7) is 0.285. The summed E-state index contributed by atoms with van der Waals surface area (Å²) in [6.07, 6.45) is -2.89. The summed E-state index contributed by atoms with van der Waals surface area (Å²) in [4.78, 5) is 25.0. The van der Waals surface area contributed by atoms with E-state index in [9.17, 15) is 22.8 Å². The van der Waals surface area contributed by atoms with Crippen molar-refractivity contribution in [2.45, 2.75) is 12.7 Å². The first-order valence-electron chi connectivity index (χ1n) is 8.16. The molecule has 0 radical (unpaired) electrons. The summed E-state index contributed by atoms with van der Waals surface area (Å²) in [5, 5.41) is 2.45. The molecular formula is C20H14BrF3N2O2. The number of rotatable bonds is 4. The predicted molar refractivity (Wildman–Crippen MR) is 103 cm³/mol. The average Bonchev–Trinajstić information content (AvgIpc) is 2.65. The molecular weight excluding hydrogens is 437 g/mol. The molecule has 3 rings (SSSR count). The smallest absolute Gasteiger partial charge is 0.322 e. The third-order valence-electron chi connectivity index (χ3n) is 4.00. The molecule has 0 unspecified atom stereocenters. The zero-order chi connectivity index (χ0) is 20.3. The number of hydrogen-bond donors (Lipinski definition) is 1. The van der Waals surface area contributed by atoms with Crippen LogP contribution in [0.4, 0.5) is 18.9 Å². The average molecular weight is 451 g/mol. The van der Waals surface area contributed by atoms with E-state index in [-0.39, 0.29) is 17.8 Å². The van der Waals surface area contributed by atoms with Gasteiger partial charge in [0.1, 0.15) is 5.56 Å². The maximum Gasteiger partial charge on any atom is 0.416 e. The van der Waals surface area contributed by atoms with Crippen molar-refractivity contribution in [3.05, 3.63) is 98.4 Å². The number of amides is 1. The maximum atomic E-state index is 12.6. The van der Waals surface area contributed by atoms with E-state index in [2.05, 4.69) is 21.2 Å². The highest BCUT2D eigenvalue weighted by atomic mass is 79.9. The van der Waals surface area contributed by atoms with Gasteiger partial charge in [0.05, 0.1) is 12.1 Å². The fourth-order valence-corrected chi connectivity index (χ4v) is 2.83. The Morgan fingerprint density at radius 2 is 1.64 bits per heavy atom. The second-order valence-electron chi connectivity index (χ2n) is 6.01. The van der Waals surface area contributed by atoms with E-state index in [0.717, 1.165) is 34.3 Å². The van der Waals surface area contributed by atoms with E-state index in [1.807, 2.05) is 24.3 Å². The molecule has 1 aromatic heterocycles. The monoisotopic (exact) mass is 450 g/mol. The molecule has 144 valence electrons. The maximum absolute atomic E-state index is 12.6. The Morgan fingerprint density at radius 1 is 1.00 bits per heavy atom. The number of pyridine rings is 1. The predicted octanol–water partition coefficient (Wildman–Crippen LogP) is 4.93. The van der Waals surface area contributed by atoms with Crippen molar-refractivity contribution in [1.29, 1.82) is 0 Å². The molecule has 2 aromatic carbocycles. The molecule has 3 aromatic rings. The Kier molecular flexibility index (Phi) is 5.69. The van der Waals surface area contributed by atoms with Crippen LogP contribution in [0.3, 0.4) is 0 Å². The fraction of sp³-hybridized carbons (Fsp3) is 0.100. The minimum atomic E-state index is -4.46. The zero-order valence-corrected chi connectivity index (χ0v) is 15.9. The molecule has 0 fully saturated rings. The van der Waals surface area contributed by atoms with Crippen molar-refractivity contribution in [2.24, 2.45) is 0 Å². The quantitative estimate of drug-likeness (QED) is 0.612. The number of aromatic nitrogens is 1. The zero-order valence-electron chi connectivity index (χ0n) is 14.3. The summed E-state index contributed by atoms with van der Waals surface area (Å²) < 4.78 is 40.1. The standard InChI is InChI=1S/C20H14BrF3N2O2/c21-15-7-3-13(4-8-15)12-26-11-1-2-17(19(26)28)18(27)25-16-9-5-14(6-10-16)20(22,23)24/h1-11H,12H2,(H,25,27). The molecule has 0 aliphatic heterocycles. The first kappa shape index (κ1) is 19.9. The van der Waals surface area contributed by atoms with Crippen molar-refractivity contribution < 1.29 is 18.0 Å². The lowest BCUT2D eigenvalue weighted by molar-refractivity contribution is -0.137. The van der Waals surface area contributed by atoms with E-state index in [4.69, 9.17) is 0 Å². The number of benzene rings is 2. The molecule has 4 nitrogen and oxygen atoms in total. The van der Waals surface area contributed by atoms with Crippen LogP contribution in [0.15, 0.2) is 76.1 Å². The van der Waals surface area contributed by atoms with Crippen molar-refractivity contribution in [1.82, 2.24) is 4.57 Å². The van der Waals surface area contributed by atoms with Gasteiger partial charge >= 0.3 is 6.18 Å². The van der Waals surface area contributed by atoms with Gasteiger partial charge in [0.25, 0.3) is 11.5 Å². The highest BCUT2D eigenvalue weighted by Crippen LogP contribution is 2.29. The number of anilines is 1. The van der Waals surface area contributed by atoms with Gasteiger partial charge in [-0.15, -0.1) is 0 Å². The summed E-state index contributed by atoms with van der Waals surface area (Å²) in [6, 6.07) is 14.4. The van der Waals surface area contributed by atoms with E-state index in [1.165, 1.54) is 10.6 Å². The molecule has 1 heterocycles. The second-order valence-corrected chi connectivity index (χ2v) is 6.93. The van der Waals surface area contributed by atoms with Crippen molar-refractivity contribution in [3.8, 4) is 0 Å². The minimum absolute atomic E-state index is 0.0977. The Hall–Kier alpha value is -2.87. The van der Waals surface area contributed by atoms with Crippen LogP contribution in [0.5, 0.6) is 0 Å². The van der Waals surface area contributed by atoms with Gasteiger partial charge in [-0.3, -0.25) is 9.59 Å². The lowest BCUT2D eigenvalue weighted by Crippen LogP contribution is -2.29. The molecule has 1 N–H and O–H groups in total. The van der Waals surface area contributed by atoms with Crippen LogP contribution in [0.1, 0.15) is 21.5 Å². The highest BCUT2D eigenvalue weighted by Gasteiger charge is 2.30. The van der Waals surface area contributed by atoms with E-state index in [0.29, 0.717) is 0 Å². The molecule has 28 heavy (non-hydrogen) atoms. The first-order chi connectivity index (χ1) is 13.2. The van der Waals surface area contributed by atoms with Crippen LogP contribution in [-0.4, -0.2) is 10.5 Å². The molecule has 0 aliphatic carbocycles. The Balaban J connectivity index is 1.78. The number of nitrogens with zero attached hydrogens (tertiary/aromatic N) is 1. The molecule has 8 heteroatoms. The van der Waals surface area contributed by atoms with Crippen LogP contribution in [-0.2, 0) is 12.7 Å². The molecule has 1 amide bonds. The number of halogens is 4. The largest absolute Gasteiger partial charge is 0.416 e. The Morgan fingerprint density at radius 3 is 2.25 bits per heavy atom. The lowest BCUT2D eigenvalue weighted by atomic mass is 10.2. The lowest BCUT2D eigenvalue weighted by Gasteiger charge is -2.10. The van der Waals surface area contributed by atoms with Crippen LogP contribution in [0.25, 0.3) is 0 Å². The fourth-order valence-electron chi connectivity index (χ4n) is 2.56. The number of carbonyl (C=O) groups is 1. The number of nitrogens with one attached hydrogen (secondary N) is 1.